The molecule has 2 aromatic rings. The van der Waals surface area contributed by atoms with Crippen molar-refractivity contribution < 1.29 is 13.6 Å². The van der Waals surface area contributed by atoms with E-state index in [2.05, 4.69) is 27.0 Å². The number of carbonyl (C=O) groups is 1. The van der Waals surface area contributed by atoms with E-state index < -0.39 is 17.2 Å². The van der Waals surface area contributed by atoms with Crippen molar-refractivity contribution in [2.75, 3.05) is 6.54 Å². The van der Waals surface area contributed by atoms with Crippen LogP contribution in [0.2, 0.25) is 0 Å². The Kier molecular flexibility index (Phi) is 4.83. The minimum Gasteiger partial charge on any atom is -0.351 e. The first kappa shape index (κ1) is 18.5. The molecule has 1 aliphatic carbocycles. The molecule has 1 saturated carbocycles. The molecular formula is C19H19F2N5O2. The maximum absolute atomic E-state index is 13.4. The third kappa shape index (κ3) is 3.48. The van der Waals surface area contributed by atoms with Crippen LogP contribution >= 0.6 is 0 Å². The van der Waals surface area contributed by atoms with E-state index in [0.29, 0.717) is 11.9 Å². The standard InChI is InChI=1S/C19H19F2N5O2/c20-12-4-9-3-10(19(28)26-16(9)6-13(12)21)5-17(27)25-15-2-1-14-18(15)23-8-11(7-22)24-14/h3-4,6,11,14-15,18,23-24H,1-2,5,8H2,(H,25,27)(H,26,28)/t11?,14?,15-,18?/m0/s1. The Labute approximate surface area is 159 Å². The maximum atomic E-state index is 13.4. The number of fused-ring (bicyclic) bond motifs is 2. The summed E-state index contributed by atoms with van der Waals surface area (Å²) < 4.78 is 26.8. The van der Waals surface area contributed by atoms with Crippen LogP contribution in [0.15, 0.2) is 23.0 Å². The third-order valence-corrected chi connectivity index (χ3v) is 5.44. The van der Waals surface area contributed by atoms with Gasteiger partial charge in [0, 0.05) is 41.7 Å². The van der Waals surface area contributed by atoms with Crippen LogP contribution in [0.3, 0.4) is 0 Å². The van der Waals surface area contributed by atoms with Gasteiger partial charge in [0.1, 0.15) is 6.04 Å². The second-order valence-electron chi connectivity index (χ2n) is 7.29. The van der Waals surface area contributed by atoms with Gasteiger partial charge in [-0.25, -0.2) is 8.78 Å². The predicted molar refractivity (Wildman–Crippen MR) is 97.5 cm³/mol. The lowest BCUT2D eigenvalue weighted by Crippen LogP contribution is -2.63. The summed E-state index contributed by atoms with van der Waals surface area (Å²) in [5, 5.41) is 18.9. The molecule has 1 amide bonds. The van der Waals surface area contributed by atoms with Gasteiger partial charge in [-0.15, -0.1) is 0 Å². The molecule has 4 N–H and O–H groups in total. The Hall–Kier alpha value is -2.83. The summed E-state index contributed by atoms with van der Waals surface area (Å²) in [7, 11) is 0. The Balaban J connectivity index is 1.46. The second-order valence-corrected chi connectivity index (χ2v) is 7.29. The summed E-state index contributed by atoms with van der Waals surface area (Å²) in [6.45, 7) is 0.510. The maximum Gasteiger partial charge on any atom is 0.252 e. The Morgan fingerprint density at radius 2 is 2.04 bits per heavy atom. The highest BCUT2D eigenvalue weighted by atomic mass is 19.2. The Morgan fingerprint density at radius 1 is 1.25 bits per heavy atom. The molecule has 4 atom stereocenters. The number of amides is 1. The number of hydrogen-bond acceptors (Lipinski definition) is 5. The Morgan fingerprint density at radius 3 is 2.82 bits per heavy atom. The zero-order chi connectivity index (χ0) is 19.8. The monoisotopic (exact) mass is 387 g/mol. The summed E-state index contributed by atoms with van der Waals surface area (Å²) in [5.41, 5.74) is -0.145. The van der Waals surface area contributed by atoms with Crippen molar-refractivity contribution in [1.82, 2.24) is 20.9 Å². The molecule has 9 heteroatoms. The molecule has 4 rings (SSSR count). The number of nitrogens with zero attached hydrogens (tertiary/aromatic N) is 1. The lowest BCUT2D eigenvalue weighted by atomic mass is 10.0. The van der Waals surface area contributed by atoms with Gasteiger partial charge >= 0.3 is 0 Å². The predicted octanol–water partition coefficient (Wildman–Crippen LogP) is 0.450. The molecule has 3 unspecified atom stereocenters. The molecule has 1 aliphatic heterocycles. The van der Waals surface area contributed by atoms with Crippen LogP contribution in [0.1, 0.15) is 18.4 Å². The minimum absolute atomic E-state index is 0.0282. The quantitative estimate of drug-likeness (QED) is 0.611. The highest BCUT2D eigenvalue weighted by Gasteiger charge is 2.40. The molecule has 2 fully saturated rings. The average Bonchev–Trinajstić information content (AvgIpc) is 3.06. The lowest BCUT2D eigenvalue weighted by molar-refractivity contribution is -0.121. The molecule has 7 nitrogen and oxygen atoms in total. The topological polar surface area (TPSA) is 110 Å². The van der Waals surface area contributed by atoms with Gasteiger partial charge in [-0.2, -0.15) is 5.26 Å². The van der Waals surface area contributed by atoms with Gasteiger partial charge in [0.25, 0.3) is 5.56 Å². The van der Waals surface area contributed by atoms with Crippen LogP contribution in [0, 0.1) is 23.0 Å². The number of carbonyl (C=O) groups excluding carboxylic acids is 1. The fourth-order valence-corrected chi connectivity index (χ4v) is 4.09. The van der Waals surface area contributed by atoms with Crippen molar-refractivity contribution in [1.29, 1.82) is 5.26 Å². The smallest absolute Gasteiger partial charge is 0.252 e. The van der Waals surface area contributed by atoms with Gasteiger partial charge in [-0.3, -0.25) is 14.9 Å². The second kappa shape index (κ2) is 7.30. The van der Waals surface area contributed by atoms with E-state index in [9.17, 15) is 18.4 Å². The first-order chi connectivity index (χ1) is 13.4. The van der Waals surface area contributed by atoms with Crippen molar-refractivity contribution in [3.8, 4) is 6.07 Å². The molecule has 0 bridgehead atoms. The fraction of sp³-hybridized carbons (Fsp3) is 0.421. The van der Waals surface area contributed by atoms with Gasteiger partial charge < -0.3 is 15.6 Å². The third-order valence-electron chi connectivity index (χ3n) is 5.44. The van der Waals surface area contributed by atoms with Crippen molar-refractivity contribution in [2.24, 2.45) is 0 Å². The molecule has 1 saturated heterocycles. The van der Waals surface area contributed by atoms with Crippen LogP contribution in [0.5, 0.6) is 0 Å². The Bertz CT molecular complexity index is 1030. The number of halogens is 2. The van der Waals surface area contributed by atoms with Crippen molar-refractivity contribution >= 4 is 16.8 Å². The van der Waals surface area contributed by atoms with Gasteiger partial charge in [-0.1, -0.05) is 0 Å². The number of hydrogen-bond donors (Lipinski definition) is 4. The summed E-state index contributed by atoms with van der Waals surface area (Å²) in [6.07, 6.45) is 1.44. The molecule has 0 radical (unpaired) electrons. The summed E-state index contributed by atoms with van der Waals surface area (Å²) in [6, 6.07) is 5.31. The number of pyridine rings is 1. The van der Waals surface area contributed by atoms with Crippen molar-refractivity contribution in [3.63, 3.8) is 0 Å². The molecule has 0 spiro atoms. The number of piperazine rings is 1. The first-order valence-corrected chi connectivity index (χ1v) is 9.14. The van der Waals surface area contributed by atoms with Gasteiger partial charge in [0.15, 0.2) is 11.6 Å². The normalized spacial score (nSPS) is 26.6. The average molecular weight is 387 g/mol. The molecular weight excluding hydrogens is 368 g/mol. The number of nitriles is 1. The zero-order valence-corrected chi connectivity index (χ0v) is 14.9. The SMILES string of the molecule is N#CC1CNC2C(CC[C@@H]2NC(=O)Cc2cc3cc(F)c(F)cc3[nH]c2=O)N1. The van der Waals surface area contributed by atoms with E-state index in [1.54, 1.807) is 0 Å². The van der Waals surface area contributed by atoms with Crippen LogP contribution in [-0.4, -0.2) is 41.6 Å². The minimum atomic E-state index is -1.04. The number of aromatic amines is 1. The first-order valence-electron chi connectivity index (χ1n) is 9.14. The van der Waals surface area contributed by atoms with Crippen LogP contribution < -0.4 is 21.5 Å². The summed E-state index contributed by atoms with van der Waals surface area (Å²) >= 11 is 0. The fourth-order valence-electron chi connectivity index (χ4n) is 4.09. The van der Waals surface area contributed by atoms with E-state index in [1.165, 1.54) is 6.07 Å². The van der Waals surface area contributed by atoms with Crippen molar-refractivity contribution in [3.05, 3.63) is 45.8 Å². The zero-order valence-electron chi connectivity index (χ0n) is 14.9. The number of aromatic nitrogens is 1. The van der Waals surface area contributed by atoms with Crippen LogP contribution in [0.25, 0.3) is 10.9 Å². The van der Waals surface area contributed by atoms with Gasteiger partial charge in [0.05, 0.1) is 18.0 Å². The highest BCUT2D eigenvalue weighted by Crippen LogP contribution is 2.23. The van der Waals surface area contributed by atoms with Gasteiger partial charge in [-0.05, 0) is 25.0 Å². The number of benzene rings is 1. The summed E-state index contributed by atoms with van der Waals surface area (Å²) in [5.74, 6) is -2.38. The largest absolute Gasteiger partial charge is 0.351 e. The number of rotatable bonds is 3. The molecule has 146 valence electrons. The number of nitrogens with one attached hydrogen (secondary N) is 4. The molecule has 2 heterocycles. The van der Waals surface area contributed by atoms with E-state index in [1.807, 2.05) is 0 Å². The molecule has 2 aliphatic rings. The van der Waals surface area contributed by atoms with Crippen LogP contribution in [-0.2, 0) is 11.2 Å². The van der Waals surface area contributed by atoms with Gasteiger partial charge in [0.2, 0.25) is 5.91 Å². The summed E-state index contributed by atoms with van der Waals surface area (Å²) in [4.78, 5) is 27.2. The molecule has 1 aromatic carbocycles. The van der Waals surface area contributed by atoms with E-state index in [0.717, 1.165) is 25.0 Å². The van der Waals surface area contributed by atoms with Crippen LogP contribution in [0.4, 0.5) is 8.78 Å². The van der Waals surface area contributed by atoms with E-state index in [-0.39, 0.29) is 47.6 Å². The molecule has 28 heavy (non-hydrogen) atoms. The lowest BCUT2D eigenvalue weighted by Gasteiger charge is -2.34. The number of H-pyrrole nitrogens is 1. The van der Waals surface area contributed by atoms with E-state index >= 15 is 0 Å². The van der Waals surface area contributed by atoms with Crippen molar-refractivity contribution in [2.45, 2.75) is 43.4 Å². The van der Waals surface area contributed by atoms with E-state index in [4.69, 9.17) is 5.26 Å². The molecule has 1 aromatic heterocycles. The highest BCUT2D eigenvalue weighted by molar-refractivity contribution is 5.83.